The third-order valence-electron chi connectivity index (χ3n) is 1.86. The molecule has 0 saturated heterocycles. The summed E-state index contributed by atoms with van der Waals surface area (Å²) >= 11 is 0. The summed E-state index contributed by atoms with van der Waals surface area (Å²) in [5, 5.41) is 0. The molecule has 0 aliphatic rings. The molecule has 0 atom stereocenters. The van der Waals surface area contributed by atoms with Gasteiger partial charge in [0.25, 0.3) is 0 Å². The van der Waals surface area contributed by atoms with Crippen molar-refractivity contribution in [3.63, 3.8) is 0 Å². The van der Waals surface area contributed by atoms with Crippen molar-refractivity contribution in [3.8, 4) is 0 Å². The lowest BCUT2D eigenvalue weighted by Crippen LogP contribution is -1.96. The SMILES string of the molecule is Nc1ncc(Cc2cccnc2)cn1. The van der Waals surface area contributed by atoms with Gasteiger partial charge in [0.2, 0.25) is 5.95 Å². The summed E-state index contributed by atoms with van der Waals surface area (Å²) in [7, 11) is 0. The predicted molar refractivity (Wildman–Crippen MR) is 53.5 cm³/mol. The molecule has 2 aromatic rings. The van der Waals surface area contributed by atoms with Crippen LogP contribution in [-0.2, 0) is 6.42 Å². The number of nitrogen functional groups attached to an aromatic ring is 1. The van der Waals surface area contributed by atoms with Gasteiger partial charge in [0, 0.05) is 31.2 Å². The number of anilines is 1. The van der Waals surface area contributed by atoms with Gasteiger partial charge < -0.3 is 5.73 Å². The van der Waals surface area contributed by atoms with E-state index in [9.17, 15) is 0 Å². The molecule has 0 unspecified atom stereocenters. The largest absolute Gasteiger partial charge is 0.368 e. The Hall–Kier alpha value is -1.97. The normalized spacial score (nSPS) is 10.0. The summed E-state index contributed by atoms with van der Waals surface area (Å²) in [5.74, 6) is 0.305. The van der Waals surface area contributed by atoms with Crippen LogP contribution in [0.5, 0.6) is 0 Å². The maximum atomic E-state index is 5.39. The fourth-order valence-corrected chi connectivity index (χ4v) is 1.19. The lowest BCUT2D eigenvalue weighted by molar-refractivity contribution is 1.07. The molecule has 2 aromatic heterocycles. The maximum Gasteiger partial charge on any atom is 0.219 e. The smallest absolute Gasteiger partial charge is 0.219 e. The Morgan fingerprint density at radius 2 is 1.86 bits per heavy atom. The van der Waals surface area contributed by atoms with E-state index >= 15 is 0 Å². The molecule has 14 heavy (non-hydrogen) atoms. The molecule has 70 valence electrons. The van der Waals surface area contributed by atoms with E-state index in [4.69, 9.17) is 5.73 Å². The summed E-state index contributed by atoms with van der Waals surface area (Å²) < 4.78 is 0. The van der Waals surface area contributed by atoms with E-state index in [0.717, 1.165) is 17.5 Å². The zero-order valence-electron chi connectivity index (χ0n) is 7.59. The Bertz CT molecular complexity index is 396. The van der Waals surface area contributed by atoms with Crippen LogP contribution in [0.2, 0.25) is 0 Å². The number of hydrogen-bond donors (Lipinski definition) is 1. The first kappa shape index (κ1) is 8.62. The van der Waals surface area contributed by atoms with Crippen LogP contribution in [0.4, 0.5) is 5.95 Å². The molecule has 0 aliphatic heterocycles. The lowest BCUT2D eigenvalue weighted by Gasteiger charge is -1.99. The average molecular weight is 186 g/mol. The van der Waals surface area contributed by atoms with Crippen LogP contribution in [0.3, 0.4) is 0 Å². The van der Waals surface area contributed by atoms with E-state index in [-0.39, 0.29) is 0 Å². The van der Waals surface area contributed by atoms with Crippen LogP contribution in [0.15, 0.2) is 36.9 Å². The third kappa shape index (κ3) is 2.04. The zero-order chi connectivity index (χ0) is 9.80. The van der Waals surface area contributed by atoms with Crippen LogP contribution in [0.1, 0.15) is 11.1 Å². The van der Waals surface area contributed by atoms with E-state index in [1.165, 1.54) is 0 Å². The minimum Gasteiger partial charge on any atom is -0.368 e. The molecule has 4 heteroatoms. The molecule has 0 spiro atoms. The first-order valence-corrected chi connectivity index (χ1v) is 4.30. The van der Waals surface area contributed by atoms with Crippen molar-refractivity contribution in [2.45, 2.75) is 6.42 Å². The van der Waals surface area contributed by atoms with Crippen molar-refractivity contribution in [2.24, 2.45) is 0 Å². The Balaban J connectivity index is 2.16. The van der Waals surface area contributed by atoms with Crippen molar-refractivity contribution in [1.82, 2.24) is 15.0 Å². The highest BCUT2D eigenvalue weighted by Crippen LogP contribution is 2.05. The highest BCUT2D eigenvalue weighted by Gasteiger charge is 1.96. The van der Waals surface area contributed by atoms with Gasteiger partial charge in [0.15, 0.2) is 0 Å². The van der Waals surface area contributed by atoms with Crippen LogP contribution in [0.25, 0.3) is 0 Å². The van der Waals surface area contributed by atoms with Crippen molar-refractivity contribution in [2.75, 3.05) is 5.73 Å². The highest BCUT2D eigenvalue weighted by molar-refractivity contribution is 5.23. The van der Waals surface area contributed by atoms with Crippen LogP contribution in [0, 0.1) is 0 Å². The monoisotopic (exact) mass is 186 g/mol. The van der Waals surface area contributed by atoms with Gasteiger partial charge in [0.05, 0.1) is 0 Å². The van der Waals surface area contributed by atoms with E-state index < -0.39 is 0 Å². The molecule has 0 bridgehead atoms. The fraction of sp³-hybridized carbons (Fsp3) is 0.100. The second kappa shape index (κ2) is 3.83. The molecule has 2 N–H and O–H groups in total. The average Bonchev–Trinajstić information content (AvgIpc) is 2.23. The Morgan fingerprint density at radius 1 is 1.07 bits per heavy atom. The summed E-state index contributed by atoms with van der Waals surface area (Å²) in [6, 6.07) is 3.93. The molecule has 0 aromatic carbocycles. The quantitative estimate of drug-likeness (QED) is 0.761. The molecule has 0 saturated carbocycles. The van der Waals surface area contributed by atoms with Crippen LogP contribution in [-0.4, -0.2) is 15.0 Å². The van der Waals surface area contributed by atoms with Gasteiger partial charge in [-0.2, -0.15) is 0 Å². The molecule has 2 rings (SSSR count). The number of aromatic nitrogens is 3. The minimum absolute atomic E-state index is 0.305. The summed E-state index contributed by atoms with van der Waals surface area (Å²) in [5.41, 5.74) is 7.56. The topological polar surface area (TPSA) is 64.7 Å². The van der Waals surface area contributed by atoms with Crippen molar-refractivity contribution < 1.29 is 0 Å². The third-order valence-corrected chi connectivity index (χ3v) is 1.86. The Kier molecular flexibility index (Phi) is 2.36. The standard InChI is InChI=1S/C10H10N4/c11-10-13-6-9(7-14-10)4-8-2-1-3-12-5-8/h1-3,5-7H,4H2,(H2,11,13,14). The number of nitrogens with two attached hydrogens (primary N) is 1. The summed E-state index contributed by atoms with van der Waals surface area (Å²) in [6.07, 6.45) is 7.83. The van der Waals surface area contributed by atoms with Crippen LogP contribution >= 0.6 is 0 Å². The number of hydrogen-bond acceptors (Lipinski definition) is 4. The predicted octanol–water partition coefficient (Wildman–Crippen LogP) is 1.04. The van der Waals surface area contributed by atoms with Gasteiger partial charge >= 0.3 is 0 Å². The zero-order valence-corrected chi connectivity index (χ0v) is 7.59. The minimum atomic E-state index is 0.305. The van der Waals surface area contributed by atoms with Gasteiger partial charge in [-0.25, -0.2) is 9.97 Å². The molecule has 0 amide bonds. The highest BCUT2D eigenvalue weighted by atomic mass is 15.0. The number of nitrogens with zero attached hydrogens (tertiary/aromatic N) is 3. The molecular weight excluding hydrogens is 176 g/mol. The van der Waals surface area contributed by atoms with E-state index in [1.54, 1.807) is 18.6 Å². The first-order chi connectivity index (χ1) is 6.84. The summed E-state index contributed by atoms with van der Waals surface area (Å²) in [4.78, 5) is 11.9. The second-order valence-electron chi connectivity index (χ2n) is 2.99. The molecule has 0 aliphatic carbocycles. The second-order valence-corrected chi connectivity index (χ2v) is 2.99. The van der Waals surface area contributed by atoms with Crippen molar-refractivity contribution in [3.05, 3.63) is 48.0 Å². The van der Waals surface area contributed by atoms with Crippen molar-refractivity contribution in [1.29, 1.82) is 0 Å². The van der Waals surface area contributed by atoms with E-state index in [1.807, 2.05) is 18.3 Å². The van der Waals surface area contributed by atoms with Gasteiger partial charge in [-0.05, 0) is 17.2 Å². The van der Waals surface area contributed by atoms with Gasteiger partial charge in [-0.3, -0.25) is 4.98 Å². The van der Waals surface area contributed by atoms with Crippen LogP contribution < -0.4 is 5.73 Å². The Morgan fingerprint density at radius 3 is 2.50 bits per heavy atom. The van der Waals surface area contributed by atoms with E-state index in [0.29, 0.717) is 5.95 Å². The summed E-state index contributed by atoms with van der Waals surface area (Å²) in [6.45, 7) is 0. The fourth-order valence-electron chi connectivity index (χ4n) is 1.19. The van der Waals surface area contributed by atoms with Crippen molar-refractivity contribution >= 4 is 5.95 Å². The van der Waals surface area contributed by atoms with Gasteiger partial charge in [0.1, 0.15) is 0 Å². The molecule has 0 radical (unpaired) electrons. The lowest BCUT2D eigenvalue weighted by atomic mass is 10.1. The molecule has 2 heterocycles. The molecule has 0 fully saturated rings. The number of rotatable bonds is 2. The maximum absolute atomic E-state index is 5.39. The van der Waals surface area contributed by atoms with Gasteiger partial charge in [-0.1, -0.05) is 6.07 Å². The van der Waals surface area contributed by atoms with E-state index in [2.05, 4.69) is 15.0 Å². The first-order valence-electron chi connectivity index (χ1n) is 4.30. The molecule has 4 nitrogen and oxygen atoms in total. The van der Waals surface area contributed by atoms with Gasteiger partial charge in [-0.15, -0.1) is 0 Å². The number of pyridine rings is 1. The Labute approximate surface area is 81.9 Å². The molecular formula is C10H10N4.